The fourth-order valence-electron chi connectivity index (χ4n) is 3.17. The third kappa shape index (κ3) is 3.06. The molecule has 0 aliphatic carbocycles. The molecule has 7 nitrogen and oxygen atoms in total. The van der Waals surface area contributed by atoms with Crippen molar-refractivity contribution >= 4 is 15.7 Å². The molecule has 0 bridgehead atoms. The van der Waals surface area contributed by atoms with E-state index in [4.69, 9.17) is 14.2 Å². The van der Waals surface area contributed by atoms with Crippen LogP contribution in [0.25, 0.3) is 0 Å². The third-order valence-electron chi connectivity index (χ3n) is 4.66. The van der Waals surface area contributed by atoms with Crippen LogP contribution in [0.5, 0.6) is 17.2 Å². The number of rotatable bonds is 4. The number of ether oxygens (including phenoxy) is 3. The van der Waals surface area contributed by atoms with Crippen LogP contribution in [0.2, 0.25) is 0 Å². The van der Waals surface area contributed by atoms with Gasteiger partial charge in [-0.25, -0.2) is 8.42 Å². The molecule has 2 heterocycles. The Bertz CT molecular complexity index is 890. The lowest BCUT2D eigenvalue weighted by atomic mass is 10.2. The molecule has 0 spiro atoms. The highest BCUT2D eigenvalue weighted by Gasteiger charge is 2.30. The van der Waals surface area contributed by atoms with Gasteiger partial charge in [-0.1, -0.05) is 0 Å². The summed E-state index contributed by atoms with van der Waals surface area (Å²) >= 11 is 0. The van der Waals surface area contributed by atoms with Gasteiger partial charge in [-0.2, -0.15) is 4.31 Å². The van der Waals surface area contributed by atoms with Gasteiger partial charge in [-0.15, -0.1) is 0 Å². The van der Waals surface area contributed by atoms with Gasteiger partial charge in [-0.05, 0) is 36.4 Å². The Balaban J connectivity index is 1.46. The van der Waals surface area contributed by atoms with Crippen LogP contribution in [0.15, 0.2) is 47.4 Å². The molecule has 0 unspecified atom stereocenters. The number of methoxy groups -OCH3 is 1. The lowest BCUT2D eigenvalue weighted by Crippen LogP contribution is -2.48. The van der Waals surface area contributed by atoms with E-state index in [0.29, 0.717) is 37.7 Å². The number of fused-ring (bicyclic) bond motifs is 1. The average molecular weight is 376 g/mol. The van der Waals surface area contributed by atoms with E-state index >= 15 is 0 Å². The van der Waals surface area contributed by atoms with Gasteiger partial charge in [0.2, 0.25) is 16.8 Å². The highest BCUT2D eigenvalue weighted by Crippen LogP contribution is 2.35. The minimum atomic E-state index is -3.55. The van der Waals surface area contributed by atoms with Gasteiger partial charge in [0.15, 0.2) is 11.5 Å². The molecule has 0 amide bonds. The number of benzene rings is 2. The number of nitrogens with zero attached hydrogens (tertiary/aromatic N) is 2. The molecule has 0 saturated carbocycles. The first kappa shape index (κ1) is 17.0. The molecule has 4 rings (SSSR count). The van der Waals surface area contributed by atoms with Crippen LogP contribution >= 0.6 is 0 Å². The van der Waals surface area contributed by atoms with E-state index in [9.17, 15) is 8.42 Å². The maximum Gasteiger partial charge on any atom is 0.243 e. The topological polar surface area (TPSA) is 68.3 Å². The van der Waals surface area contributed by atoms with Crippen molar-refractivity contribution in [1.82, 2.24) is 4.31 Å². The summed E-state index contributed by atoms with van der Waals surface area (Å²) in [6.45, 7) is 2.26. The lowest BCUT2D eigenvalue weighted by molar-refractivity contribution is 0.174. The van der Waals surface area contributed by atoms with Gasteiger partial charge in [0.1, 0.15) is 5.75 Å². The molecule has 2 aromatic carbocycles. The summed E-state index contributed by atoms with van der Waals surface area (Å²) in [5, 5.41) is 0. The van der Waals surface area contributed by atoms with E-state index in [1.54, 1.807) is 19.2 Å². The zero-order valence-corrected chi connectivity index (χ0v) is 15.2. The van der Waals surface area contributed by atoms with Crippen molar-refractivity contribution < 1.29 is 22.6 Å². The van der Waals surface area contributed by atoms with Gasteiger partial charge in [-0.3, -0.25) is 0 Å². The van der Waals surface area contributed by atoms with Crippen molar-refractivity contribution in [2.75, 3.05) is 45.0 Å². The largest absolute Gasteiger partial charge is 0.497 e. The summed E-state index contributed by atoms with van der Waals surface area (Å²) in [7, 11) is -1.92. The Morgan fingerprint density at radius 1 is 0.923 bits per heavy atom. The number of sulfonamides is 1. The first-order valence-corrected chi connectivity index (χ1v) is 9.81. The molecule has 2 aliphatic rings. The molecular weight excluding hydrogens is 356 g/mol. The highest BCUT2D eigenvalue weighted by atomic mass is 32.2. The Morgan fingerprint density at radius 3 is 2.31 bits per heavy atom. The van der Waals surface area contributed by atoms with Crippen LogP contribution in [-0.4, -0.2) is 52.8 Å². The Labute approximate surface area is 152 Å². The normalized spacial score (nSPS) is 17.3. The number of anilines is 1. The molecular formula is C18H20N2O5S. The summed E-state index contributed by atoms with van der Waals surface area (Å²) in [5.74, 6) is 1.86. The third-order valence-corrected chi connectivity index (χ3v) is 6.55. The Morgan fingerprint density at radius 2 is 1.62 bits per heavy atom. The maximum atomic E-state index is 12.9. The van der Waals surface area contributed by atoms with E-state index in [1.807, 2.05) is 24.3 Å². The van der Waals surface area contributed by atoms with Crippen LogP contribution < -0.4 is 19.1 Å². The van der Waals surface area contributed by atoms with Crippen molar-refractivity contribution in [1.29, 1.82) is 0 Å². The van der Waals surface area contributed by atoms with E-state index in [1.165, 1.54) is 10.4 Å². The van der Waals surface area contributed by atoms with Gasteiger partial charge < -0.3 is 19.1 Å². The first-order chi connectivity index (χ1) is 12.6. The van der Waals surface area contributed by atoms with Gasteiger partial charge in [0.25, 0.3) is 0 Å². The minimum Gasteiger partial charge on any atom is -0.497 e. The van der Waals surface area contributed by atoms with Crippen molar-refractivity contribution in [3.05, 3.63) is 42.5 Å². The quantitative estimate of drug-likeness (QED) is 0.812. The predicted octanol–water partition coefficient (Wildman–Crippen LogP) is 1.93. The smallest absolute Gasteiger partial charge is 0.243 e. The van der Waals surface area contributed by atoms with E-state index in [-0.39, 0.29) is 11.7 Å². The summed E-state index contributed by atoms with van der Waals surface area (Å²) in [5.41, 5.74) is 1.06. The highest BCUT2D eigenvalue weighted by molar-refractivity contribution is 7.89. The van der Waals surface area contributed by atoms with Gasteiger partial charge in [0, 0.05) is 37.9 Å². The molecule has 0 atom stereocenters. The monoisotopic (exact) mass is 376 g/mol. The second-order valence-electron chi connectivity index (χ2n) is 6.10. The molecule has 1 fully saturated rings. The zero-order valence-electron chi connectivity index (χ0n) is 14.4. The molecule has 0 N–H and O–H groups in total. The van der Waals surface area contributed by atoms with Crippen LogP contribution in [0.1, 0.15) is 0 Å². The number of hydrogen-bond donors (Lipinski definition) is 0. The van der Waals surface area contributed by atoms with E-state index < -0.39 is 10.0 Å². The molecule has 26 heavy (non-hydrogen) atoms. The molecule has 0 aromatic heterocycles. The summed E-state index contributed by atoms with van der Waals surface area (Å²) < 4.78 is 43.0. The number of hydrogen-bond acceptors (Lipinski definition) is 6. The van der Waals surface area contributed by atoms with Gasteiger partial charge >= 0.3 is 0 Å². The molecule has 0 radical (unpaired) electrons. The molecule has 2 aliphatic heterocycles. The van der Waals surface area contributed by atoms with Crippen molar-refractivity contribution in [3.8, 4) is 17.2 Å². The van der Waals surface area contributed by atoms with Crippen LogP contribution in [0, 0.1) is 0 Å². The van der Waals surface area contributed by atoms with E-state index in [0.717, 1.165) is 11.4 Å². The predicted molar refractivity (Wildman–Crippen MR) is 96.5 cm³/mol. The molecule has 138 valence electrons. The minimum absolute atomic E-state index is 0.124. The molecule has 1 saturated heterocycles. The van der Waals surface area contributed by atoms with E-state index in [2.05, 4.69) is 4.90 Å². The van der Waals surface area contributed by atoms with Crippen LogP contribution in [0.3, 0.4) is 0 Å². The average Bonchev–Trinajstić information content (AvgIpc) is 3.16. The fourth-order valence-corrected chi connectivity index (χ4v) is 4.60. The van der Waals surface area contributed by atoms with Gasteiger partial charge in [0.05, 0.1) is 12.0 Å². The Kier molecular flexibility index (Phi) is 4.37. The molecule has 2 aromatic rings. The zero-order chi connectivity index (χ0) is 18.1. The summed E-state index contributed by atoms with van der Waals surface area (Å²) in [6.07, 6.45) is 0. The fraction of sp³-hybridized carbons (Fsp3) is 0.333. The van der Waals surface area contributed by atoms with Crippen molar-refractivity contribution in [2.45, 2.75) is 4.90 Å². The van der Waals surface area contributed by atoms with Crippen LogP contribution in [0.4, 0.5) is 5.69 Å². The lowest BCUT2D eigenvalue weighted by Gasteiger charge is -2.35. The Hall–Kier alpha value is -2.45. The maximum absolute atomic E-state index is 12.9. The molecule has 8 heteroatoms. The van der Waals surface area contributed by atoms with Crippen molar-refractivity contribution in [2.24, 2.45) is 0 Å². The summed E-state index contributed by atoms with van der Waals surface area (Å²) in [6, 6.07) is 12.5. The number of piperazine rings is 1. The second kappa shape index (κ2) is 6.69. The van der Waals surface area contributed by atoms with Crippen LogP contribution in [-0.2, 0) is 10.0 Å². The van der Waals surface area contributed by atoms with Crippen molar-refractivity contribution in [3.63, 3.8) is 0 Å². The first-order valence-electron chi connectivity index (χ1n) is 8.37. The second-order valence-corrected chi connectivity index (χ2v) is 8.04. The standard InChI is InChI=1S/C18H20N2O5S/c1-23-15-4-2-14(3-5-15)19-8-10-20(11-9-19)26(21,22)16-6-7-17-18(12-16)25-13-24-17/h2-7,12H,8-11,13H2,1H3. The summed E-state index contributed by atoms with van der Waals surface area (Å²) in [4.78, 5) is 2.41. The SMILES string of the molecule is COc1ccc(N2CCN(S(=O)(=O)c3ccc4c(c3)OCO4)CC2)cc1.